The Morgan fingerprint density at radius 2 is 2.12 bits per heavy atom. The molecule has 1 amide bonds. The monoisotopic (exact) mass is 379 g/mol. The van der Waals surface area contributed by atoms with Gasteiger partial charge >= 0.3 is 0 Å². The van der Waals surface area contributed by atoms with Gasteiger partial charge in [0.25, 0.3) is 5.91 Å². The molecule has 0 aromatic carbocycles. The van der Waals surface area contributed by atoms with Crippen molar-refractivity contribution in [1.82, 2.24) is 30.1 Å². The minimum Gasteiger partial charge on any atom is -0.316 e. The van der Waals surface area contributed by atoms with E-state index in [1.165, 1.54) is 25.7 Å². The van der Waals surface area contributed by atoms with E-state index >= 15 is 0 Å². The van der Waals surface area contributed by atoms with Crippen LogP contribution in [0.2, 0.25) is 0 Å². The third-order valence-corrected chi connectivity index (χ3v) is 5.20. The Bertz CT molecular complexity index is 716. The number of rotatable bonds is 5. The number of hydrogen-bond donors (Lipinski definition) is 2. The molecule has 1 saturated heterocycles. The zero-order valence-electron chi connectivity index (χ0n) is 14.8. The molecule has 1 atom stereocenters. The number of hydrogen-bond acceptors (Lipinski definition) is 5. The number of aromatic nitrogens is 5. The fraction of sp³-hybridized carbons (Fsp3) is 0.647. The average Bonchev–Trinajstić information content (AvgIpc) is 3.37. The van der Waals surface area contributed by atoms with E-state index < -0.39 is 0 Å². The van der Waals surface area contributed by atoms with E-state index in [1.54, 1.807) is 17.1 Å². The molecule has 4 rings (SSSR count). The van der Waals surface area contributed by atoms with Gasteiger partial charge in [0.05, 0.1) is 18.4 Å². The molecule has 0 radical (unpaired) electrons. The first kappa shape index (κ1) is 18.8. The highest BCUT2D eigenvalue weighted by Gasteiger charge is 2.22. The molecule has 9 heteroatoms. The number of piperidine rings is 1. The lowest BCUT2D eigenvalue weighted by molar-refractivity contribution is 0.102. The fourth-order valence-corrected chi connectivity index (χ4v) is 3.87. The first-order valence-corrected chi connectivity index (χ1v) is 9.25. The van der Waals surface area contributed by atoms with Gasteiger partial charge in [-0.2, -0.15) is 5.10 Å². The molecule has 2 N–H and O–H groups in total. The number of anilines is 1. The lowest BCUT2D eigenvalue weighted by Gasteiger charge is -2.22. The number of halogens is 1. The zero-order chi connectivity index (χ0) is 17.1. The van der Waals surface area contributed by atoms with E-state index in [0.717, 1.165) is 38.3 Å². The summed E-state index contributed by atoms with van der Waals surface area (Å²) in [7, 11) is 0. The maximum Gasteiger partial charge on any atom is 0.278 e. The standard InChI is InChI=1S/C17H25N7O.ClH/c25-17(20-16-7-9-19-24(16)14-5-1-2-6-14)15-12-23(22-21-15)11-13-4-3-8-18-10-13;/h7,9,12-14,18H,1-6,8,10-11H2,(H,20,25);1H. The van der Waals surface area contributed by atoms with Crippen molar-refractivity contribution in [2.45, 2.75) is 51.1 Å². The van der Waals surface area contributed by atoms with Crippen molar-refractivity contribution in [3.63, 3.8) is 0 Å². The van der Waals surface area contributed by atoms with Crippen LogP contribution in [0.15, 0.2) is 18.5 Å². The van der Waals surface area contributed by atoms with Gasteiger partial charge < -0.3 is 10.6 Å². The van der Waals surface area contributed by atoms with Crippen LogP contribution in [0, 0.1) is 5.92 Å². The summed E-state index contributed by atoms with van der Waals surface area (Å²) in [5, 5.41) is 18.9. The number of amides is 1. The summed E-state index contributed by atoms with van der Waals surface area (Å²) in [6.45, 7) is 2.89. The molecular weight excluding hydrogens is 354 g/mol. The third kappa shape index (κ3) is 4.24. The minimum atomic E-state index is -0.229. The van der Waals surface area contributed by atoms with Crippen LogP contribution in [0.25, 0.3) is 0 Å². The molecule has 0 bridgehead atoms. The molecule has 1 aliphatic heterocycles. The molecule has 1 saturated carbocycles. The molecule has 26 heavy (non-hydrogen) atoms. The van der Waals surface area contributed by atoms with Crippen LogP contribution >= 0.6 is 12.4 Å². The fourth-order valence-electron chi connectivity index (χ4n) is 3.87. The molecule has 8 nitrogen and oxygen atoms in total. The van der Waals surface area contributed by atoms with Crippen LogP contribution in [-0.2, 0) is 6.54 Å². The Morgan fingerprint density at radius 3 is 2.88 bits per heavy atom. The number of carbonyl (C=O) groups excluding carboxylic acids is 1. The summed E-state index contributed by atoms with van der Waals surface area (Å²) < 4.78 is 3.71. The highest BCUT2D eigenvalue weighted by Crippen LogP contribution is 2.31. The van der Waals surface area contributed by atoms with Gasteiger partial charge in [0.2, 0.25) is 0 Å². The first-order valence-electron chi connectivity index (χ1n) is 9.25. The summed E-state index contributed by atoms with van der Waals surface area (Å²) in [6, 6.07) is 2.23. The summed E-state index contributed by atoms with van der Waals surface area (Å²) in [4.78, 5) is 12.5. The summed E-state index contributed by atoms with van der Waals surface area (Å²) in [5.41, 5.74) is 0.350. The highest BCUT2D eigenvalue weighted by atomic mass is 35.5. The quantitative estimate of drug-likeness (QED) is 0.831. The van der Waals surface area contributed by atoms with E-state index in [1.807, 2.05) is 10.7 Å². The van der Waals surface area contributed by atoms with Crippen molar-refractivity contribution in [2.75, 3.05) is 18.4 Å². The van der Waals surface area contributed by atoms with Crippen molar-refractivity contribution in [3.05, 3.63) is 24.2 Å². The Labute approximate surface area is 159 Å². The largest absolute Gasteiger partial charge is 0.316 e. The lowest BCUT2D eigenvalue weighted by atomic mass is 10.00. The van der Waals surface area contributed by atoms with Gasteiger partial charge in [0.1, 0.15) is 5.82 Å². The van der Waals surface area contributed by atoms with Crippen molar-refractivity contribution in [2.24, 2.45) is 5.92 Å². The molecule has 3 heterocycles. The molecule has 0 spiro atoms. The van der Waals surface area contributed by atoms with Crippen LogP contribution in [0.1, 0.15) is 55.1 Å². The third-order valence-electron chi connectivity index (χ3n) is 5.20. The van der Waals surface area contributed by atoms with Crippen LogP contribution in [0.4, 0.5) is 5.82 Å². The van der Waals surface area contributed by atoms with E-state index in [9.17, 15) is 4.79 Å². The topological polar surface area (TPSA) is 89.7 Å². The van der Waals surface area contributed by atoms with E-state index in [-0.39, 0.29) is 18.3 Å². The van der Waals surface area contributed by atoms with Crippen LogP contribution in [-0.4, -0.2) is 43.8 Å². The molecule has 2 aromatic heterocycles. The van der Waals surface area contributed by atoms with Crippen molar-refractivity contribution >= 4 is 24.1 Å². The normalized spacial score (nSPS) is 20.7. The van der Waals surface area contributed by atoms with Crippen LogP contribution in [0.3, 0.4) is 0 Å². The van der Waals surface area contributed by atoms with Crippen molar-refractivity contribution in [1.29, 1.82) is 0 Å². The van der Waals surface area contributed by atoms with Gasteiger partial charge in [-0.05, 0) is 44.7 Å². The maximum atomic E-state index is 12.5. The highest BCUT2D eigenvalue weighted by molar-refractivity contribution is 6.02. The van der Waals surface area contributed by atoms with Gasteiger partial charge in [-0.3, -0.25) is 9.48 Å². The summed E-state index contributed by atoms with van der Waals surface area (Å²) >= 11 is 0. The predicted octanol–water partition coefficient (Wildman–Crippen LogP) is 2.26. The molecule has 2 aliphatic rings. The Hall–Kier alpha value is -1.93. The smallest absolute Gasteiger partial charge is 0.278 e. The van der Waals surface area contributed by atoms with Crippen LogP contribution < -0.4 is 10.6 Å². The van der Waals surface area contributed by atoms with Gasteiger partial charge in [0, 0.05) is 12.6 Å². The Kier molecular flexibility index (Phi) is 6.26. The maximum absolute atomic E-state index is 12.5. The van der Waals surface area contributed by atoms with Crippen molar-refractivity contribution < 1.29 is 4.79 Å². The number of carbonyl (C=O) groups is 1. The van der Waals surface area contributed by atoms with Crippen LogP contribution in [0.5, 0.6) is 0 Å². The average molecular weight is 380 g/mol. The second-order valence-electron chi connectivity index (χ2n) is 7.09. The lowest BCUT2D eigenvalue weighted by Crippen LogP contribution is -2.32. The molecular formula is C17H26ClN7O. The second-order valence-corrected chi connectivity index (χ2v) is 7.09. The first-order chi connectivity index (χ1) is 12.3. The predicted molar refractivity (Wildman–Crippen MR) is 101 cm³/mol. The van der Waals surface area contributed by atoms with Crippen molar-refractivity contribution in [3.8, 4) is 0 Å². The Morgan fingerprint density at radius 1 is 1.27 bits per heavy atom. The molecule has 1 unspecified atom stereocenters. The number of nitrogens with one attached hydrogen (secondary N) is 2. The van der Waals surface area contributed by atoms with E-state index in [4.69, 9.17) is 0 Å². The molecule has 2 fully saturated rings. The summed E-state index contributed by atoms with van der Waals surface area (Å²) in [5.74, 6) is 1.06. The van der Waals surface area contributed by atoms with Gasteiger partial charge in [-0.15, -0.1) is 17.5 Å². The van der Waals surface area contributed by atoms with Gasteiger partial charge in [0.15, 0.2) is 5.69 Å². The second kappa shape index (κ2) is 8.64. The van der Waals surface area contributed by atoms with E-state index in [2.05, 4.69) is 26.0 Å². The van der Waals surface area contributed by atoms with Gasteiger partial charge in [-0.25, -0.2) is 4.68 Å². The molecule has 1 aliphatic carbocycles. The molecule has 2 aromatic rings. The SMILES string of the molecule is Cl.O=C(Nc1ccnn1C1CCCC1)c1cn(CC2CCCNC2)nn1. The minimum absolute atomic E-state index is 0. The van der Waals surface area contributed by atoms with Gasteiger partial charge in [-0.1, -0.05) is 18.1 Å². The molecule has 142 valence electrons. The summed E-state index contributed by atoms with van der Waals surface area (Å²) in [6.07, 6.45) is 10.5. The van der Waals surface area contributed by atoms with E-state index in [0.29, 0.717) is 17.7 Å². The number of nitrogens with zero attached hydrogens (tertiary/aromatic N) is 5. The Balaban J connectivity index is 0.00000196. The zero-order valence-corrected chi connectivity index (χ0v) is 15.6.